The maximum absolute atomic E-state index is 12.1. The maximum atomic E-state index is 12.1. The number of nitrogens with one attached hydrogen (secondary N) is 1. The highest BCUT2D eigenvalue weighted by molar-refractivity contribution is 8.00. The number of para-hydroxylation sites is 1. The van der Waals surface area contributed by atoms with Crippen LogP contribution in [0.1, 0.15) is 32.4 Å². The first-order valence-corrected chi connectivity index (χ1v) is 10.4. The van der Waals surface area contributed by atoms with E-state index in [9.17, 15) is 4.79 Å². The number of hydrogen-bond acceptors (Lipinski definition) is 5. The molecular formula is C19H22N2O2S2. The van der Waals surface area contributed by atoms with Gasteiger partial charge in [-0.25, -0.2) is 4.98 Å². The highest BCUT2D eigenvalue weighted by Gasteiger charge is 2.14. The summed E-state index contributed by atoms with van der Waals surface area (Å²) < 4.78 is 6.99. The molecule has 0 radical (unpaired) electrons. The molecule has 0 saturated heterocycles. The Labute approximate surface area is 156 Å². The number of amides is 1. The largest absolute Gasteiger partial charge is 0.457 e. The Morgan fingerprint density at radius 2 is 2.16 bits per heavy atom. The van der Waals surface area contributed by atoms with Crippen molar-refractivity contribution in [3.63, 3.8) is 0 Å². The molecule has 3 aromatic rings. The molecule has 0 aliphatic heterocycles. The number of unbranched alkanes of at least 4 members (excludes halogenated alkanes) is 1. The Hall–Kier alpha value is -1.79. The quantitative estimate of drug-likeness (QED) is 0.558. The van der Waals surface area contributed by atoms with Gasteiger partial charge in [0, 0.05) is 0 Å². The van der Waals surface area contributed by atoms with Crippen LogP contribution < -0.4 is 5.32 Å². The van der Waals surface area contributed by atoms with Crippen molar-refractivity contribution < 1.29 is 9.21 Å². The SMILES string of the molecule is CCCCSC(C)C(=O)NCc1ccc(-c2nc3ccccc3s2)o1. The van der Waals surface area contributed by atoms with Crippen molar-refractivity contribution in [1.82, 2.24) is 10.3 Å². The van der Waals surface area contributed by atoms with Crippen molar-refractivity contribution in [3.05, 3.63) is 42.2 Å². The van der Waals surface area contributed by atoms with Crippen LogP contribution in [0, 0.1) is 0 Å². The zero-order valence-corrected chi connectivity index (χ0v) is 16.1. The molecule has 25 heavy (non-hydrogen) atoms. The molecule has 0 saturated carbocycles. The minimum atomic E-state index is -0.0368. The number of carbonyl (C=O) groups is 1. The first kappa shape index (κ1) is 18.0. The third-order valence-corrected chi connectivity index (χ3v) is 6.13. The van der Waals surface area contributed by atoms with Crippen LogP contribution in [0.3, 0.4) is 0 Å². The van der Waals surface area contributed by atoms with Crippen LogP contribution >= 0.6 is 23.1 Å². The molecule has 0 bridgehead atoms. The first-order chi connectivity index (χ1) is 12.2. The number of rotatable bonds is 8. The Morgan fingerprint density at radius 3 is 2.96 bits per heavy atom. The molecule has 1 amide bonds. The Bertz CT molecular complexity index is 808. The smallest absolute Gasteiger partial charge is 0.233 e. The second-order valence-electron chi connectivity index (χ2n) is 5.84. The number of hydrogen-bond donors (Lipinski definition) is 1. The lowest BCUT2D eigenvalue weighted by Crippen LogP contribution is -2.30. The van der Waals surface area contributed by atoms with Gasteiger partial charge in [-0.2, -0.15) is 0 Å². The number of furan rings is 1. The highest BCUT2D eigenvalue weighted by Crippen LogP contribution is 2.31. The van der Waals surface area contributed by atoms with Crippen LogP contribution in [0.15, 0.2) is 40.8 Å². The lowest BCUT2D eigenvalue weighted by molar-refractivity contribution is -0.120. The summed E-state index contributed by atoms with van der Waals surface area (Å²) in [5.41, 5.74) is 0.978. The third kappa shape index (κ3) is 4.64. The van der Waals surface area contributed by atoms with E-state index in [0.717, 1.165) is 45.3 Å². The Balaban J connectivity index is 1.57. The lowest BCUT2D eigenvalue weighted by Gasteiger charge is -2.10. The molecule has 4 nitrogen and oxygen atoms in total. The van der Waals surface area contributed by atoms with Crippen LogP contribution in [-0.4, -0.2) is 21.9 Å². The molecule has 132 valence electrons. The monoisotopic (exact) mass is 374 g/mol. The van der Waals surface area contributed by atoms with Crippen molar-refractivity contribution in [2.75, 3.05) is 5.75 Å². The van der Waals surface area contributed by atoms with E-state index in [-0.39, 0.29) is 11.2 Å². The van der Waals surface area contributed by atoms with E-state index in [0.29, 0.717) is 6.54 Å². The molecule has 1 aromatic carbocycles. The van der Waals surface area contributed by atoms with Gasteiger partial charge in [0.2, 0.25) is 5.91 Å². The van der Waals surface area contributed by atoms with Crippen molar-refractivity contribution >= 4 is 39.2 Å². The van der Waals surface area contributed by atoms with Gasteiger partial charge in [0.25, 0.3) is 0 Å². The van der Waals surface area contributed by atoms with Crippen molar-refractivity contribution in [3.8, 4) is 10.8 Å². The average molecular weight is 375 g/mol. The zero-order valence-electron chi connectivity index (χ0n) is 14.5. The molecular weight excluding hydrogens is 352 g/mol. The summed E-state index contributed by atoms with van der Waals surface area (Å²) in [5.74, 6) is 2.57. The number of thiazole rings is 1. The predicted molar refractivity (Wildman–Crippen MR) is 106 cm³/mol. The molecule has 0 aliphatic rings. The number of fused-ring (bicyclic) bond motifs is 1. The molecule has 2 heterocycles. The molecule has 6 heteroatoms. The van der Waals surface area contributed by atoms with Crippen LogP contribution in [0.5, 0.6) is 0 Å². The predicted octanol–water partition coefficient (Wildman–Crippen LogP) is 5.09. The summed E-state index contributed by atoms with van der Waals surface area (Å²) in [6.45, 7) is 4.51. The normalized spacial score (nSPS) is 12.4. The minimum absolute atomic E-state index is 0.0368. The van der Waals surface area contributed by atoms with E-state index in [1.165, 1.54) is 0 Å². The Kier molecular flexibility index (Phi) is 6.15. The van der Waals surface area contributed by atoms with Gasteiger partial charge in [-0.3, -0.25) is 4.79 Å². The molecule has 1 atom stereocenters. The van der Waals surface area contributed by atoms with Gasteiger partial charge in [-0.1, -0.05) is 25.5 Å². The third-order valence-electron chi connectivity index (χ3n) is 3.84. The van der Waals surface area contributed by atoms with Crippen molar-refractivity contribution in [1.29, 1.82) is 0 Å². The zero-order chi connectivity index (χ0) is 17.6. The van der Waals surface area contributed by atoms with E-state index >= 15 is 0 Å². The van der Waals surface area contributed by atoms with Crippen LogP contribution in [0.25, 0.3) is 21.0 Å². The summed E-state index contributed by atoms with van der Waals surface area (Å²) in [6.07, 6.45) is 2.30. The van der Waals surface area contributed by atoms with E-state index in [1.54, 1.807) is 23.1 Å². The standard InChI is InChI=1S/C19H22N2O2S2/c1-3-4-11-24-13(2)18(22)20-12-14-9-10-16(23-14)19-21-15-7-5-6-8-17(15)25-19/h5-10,13H,3-4,11-12H2,1-2H3,(H,20,22). The summed E-state index contributed by atoms with van der Waals surface area (Å²) >= 11 is 3.31. The van der Waals surface area contributed by atoms with Gasteiger partial charge in [0.05, 0.1) is 22.0 Å². The molecule has 1 N–H and O–H groups in total. The Morgan fingerprint density at radius 1 is 1.32 bits per heavy atom. The molecule has 0 spiro atoms. The molecule has 1 unspecified atom stereocenters. The number of thioether (sulfide) groups is 1. The summed E-state index contributed by atoms with van der Waals surface area (Å²) in [5, 5.41) is 3.77. The number of aromatic nitrogens is 1. The number of nitrogens with zero attached hydrogens (tertiary/aromatic N) is 1. The summed E-state index contributed by atoms with van der Waals surface area (Å²) in [7, 11) is 0. The van der Waals surface area contributed by atoms with Gasteiger partial charge in [0.15, 0.2) is 10.8 Å². The summed E-state index contributed by atoms with van der Waals surface area (Å²) in [4.78, 5) is 16.7. The van der Waals surface area contributed by atoms with Crippen LogP contribution in [-0.2, 0) is 11.3 Å². The highest BCUT2D eigenvalue weighted by atomic mass is 32.2. The lowest BCUT2D eigenvalue weighted by atomic mass is 10.3. The molecule has 0 aliphatic carbocycles. The first-order valence-electron chi connectivity index (χ1n) is 8.51. The van der Waals surface area contributed by atoms with E-state index in [2.05, 4.69) is 23.3 Å². The second kappa shape index (κ2) is 8.54. The maximum Gasteiger partial charge on any atom is 0.233 e. The van der Waals surface area contributed by atoms with Gasteiger partial charge in [-0.05, 0) is 43.4 Å². The summed E-state index contributed by atoms with van der Waals surface area (Å²) in [6, 6.07) is 11.9. The fraction of sp³-hybridized carbons (Fsp3) is 0.368. The van der Waals surface area contributed by atoms with Gasteiger partial charge >= 0.3 is 0 Å². The van der Waals surface area contributed by atoms with Crippen molar-refractivity contribution in [2.24, 2.45) is 0 Å². The fourth-order valence-electron chi connectivity index (χ4n) is 2.36. The fourth-order valence-corrected chi connectivity index (χ4v) is 4.33. The van der Waals surface area contributed by atoms with Gasteiger partial charge < -0.3 is 9.73 Å². The number of benzene rings is 1. The van der Waals surface area contributed by atoms with E-state index in [1.807, 2.05) is 37.3 Å². The van der Waals surface area contributed by atoms with Gasteiger partial charge in [0.1, 0.15) is 5.76 Å². The molecule has 0 fully saturated rings. The van der Waals surface area contributed by atoms with E-state index < -0.39 is 0 Å². The number of carbonyl (C=O) groups excluding carboxylic acids is 1. The van der Waals surface area contributed by atoms with E-state index in [4.69, 9.17) is 4.42 Å². The van der Waals surface area contributed by atoms with Crippen molar-refractivity contribution in [2.45, 2.75) is 38.5 Å². The average Bonchev–Trinajstić information content (AvgIpc) is 3.26. The minimum Gasteiger partial charge on any atom is -0.457 e. The second-order valence-corrected chi connectivity index (χ2v) is 8.32. The van der Waals surface area contributed by atoms with Crippen LogP contribution in [0.4, 0.5) is 0 Å². The van der Waals surface area contributed by atoms with Gasteiger partial charge in [-0.15, -0.1) is 23.1 Å². The topological polar surface area (TPSA) is 55.1 Å². The molecule has 3 rings (SSSR count). The van der Waals surface area contributed by atoms with Crippen LogP contribution in [0.2, 0.25) is 0 Å². The molecule has 2 aromatic heterocycles.